The molecule has 0 aliphatic heterocycles. The fourth-order valence-electron chi connectivity index (χ4n) is 1.56. The summed E-state index contributed by atoms with van der Waals surface area (Å²) in [5.41, 5.74) is -1.02. The van der Waals surface area contributed by atoms with Gasteiger partial charge in [-0.3, -0.25) is 14.9 Å². The molecule has 2 unspecified atom stereocenters. The van der Waals surface area contributed by atoms with Gasteiger partial charge in [0.15, 0.2) is 0 Å². The van der Waals surface area contributed by atoms with Gasteiger partial charge in [0.05, 0.1) is 6.61 Å². The molecule has 0 bridgehead atoms. The fraction of sp³-hybridized carbons (Fsp3) is 0.875. The summed E-state index contributed by atoms with van der Waals surface area (Å²) in [5.74, 6) is -0.950. The average Bonchev–Trinajstić information content (AvgIpc) is 2.80. The molecule has 0 heterocycles. The lowest BCUT2D eigenvalue weighted by atomic mass is 10.1. The Morgan fingerprint density at radius 1 is 1.69 bits per heavy atom. The average molecular weight is 187 g/mol. The van der Waals surface area contributed by atoms with E-state index in [9.17, 15) is 14.9 Å². The lowest BCUT2D eigenvalue weighted by Gasteiger charge is -2.05. The zero-order valence-corrected chi connectivity index (χ0v) is 7.78. The molecular weight excluding hydrogens is 174 g/mol. The van der Waals surface area contributed by atoms with Crippen LogP contribution in [0.5, 0.6) is 0 Å². The van der Waals surface area contributed by atoms with E-state index in [1.54, 1.807) is 13.8 Å². The molecule has 1 fully saturated rings. The van der Waals surface area contributed by atoms with Crippen molar-refractivity contribution in [2.45, 2.75) is 32.2 Å². The Bertz CT molecular complexity index is 240. The summed E-state index contributed by atoms with van der Waals surface area (Å²) < 4.78 is 4.73. The normalized spacial score (nSPS) is 31.1. The van der Waals surface area contributed by atoms with E-state index in [4.69, 9.17) is 4.74 Å². The molecule has 2 atom stereocenters. The lowest BCUT2D eigenvalue weighted by molar-refractivity contribution is -0.541. The molecule has 1 saturated carbocycles. The maximum atomic E-state index is 11.2. The molecule has 0 N–H and O–H groups in total. The summed E-state index contributed by atoms with van der Waals surface area (Å²) in [6.45, 7) is 3.70. The van der Waals surface area contributed by atoms with Crippen LogP contribution in [-0.4, -0.2) is 23.0 Å². The molecule has 5 heteroatoms. The van der Waals surface area contributed by atoms with Gasteiger partial charge in [-0.2, -0.15) is 0 Å². The Kier molecular flexibility index (Phi) is 2.54. The predicted octanol–water partition coefficient (Wildman–Crippen LogP) is 0.995. The first-order chi connectivity index (χ1) is 6.08. The molecule has 0 aromatic heterocycles. The summed E-state index contributed by atoms with van der Waals surface area (Å²) in [6, 6.07) is 0. The van der Waals surface area contributed by atoms with Crippen molar-refractivity contribution in [3.63, 3.8) is 0 Å². The highest BCUT2D eigenvalue weighted by Crippen LogP contribution is 2.49. The van der Waals surface area contributed by atoms with Crippen molar-refractivity contribution >= 4 is 5.97 Å². The summed E-state index contributed by atoms with van der Waals surface area (Å²) in [4.78, 5) is 21.4. The lowest BCUT2D eigenvalue weighted by Crippen LogP contribution is -2.26. The number of rotatable bonds is 4. The van der Waals surface area contributed by atoms with Crippen molar-refractivity contribution in [3.05, 3.63) is 10.1 Å². The van der Waals surface area contributed by atoms with Crippen LogP contribution < -0.4 is 0 Å². The van der Waals surface area contributed by atoms with Gasteiger partial charge < -0.3 is 4.74 Å². The molecule has 0 saturated heterocycles. The highest BCUT2D eigenvalue weighted by atomic mass is 16.6. The number of hydrogen-bond donors (Lipinski definition) is 0. The van der Waals surface area contributed by atoms with Gasteiger partial charge in [-0.15, -0.1) is 0 Å². The monoisotopic (exact) mass is 187 g/mol. The van der Waals surface area contributed by atoms with Gasteiger partial charge in [0.1, 0.15) is 5.92 Å². The van der Waals surface area contributed by atoms with Gasteiger partial charge in [0.2, 0.25) is 5.54 Å². The number of hydrogen-bond acceptors (Lipinski definition) is 4. The van der Waals surface area contributed by atoms with Crippen molar-refractivity contribution in [2.75, 3.05) is 6.61 Å². The highest BCUT2D eigenvalue weighted by molar-refractivity contribution is 5.77. The summed E-state index contributed by atoms with van der Waals surface area (Å²) in [7, 11) is 0. The minimum atomic E-state index is -1.02. The van der Waals surface area contributed by atoms with E-state index in [0.717, 1.165) is 0 Å². The number of ether oxygens (including phenoxy) is 1. The predicted molar refractivity (Wildman–Crippen MR) is 44.8 cm³/mol. The van der Waals surface area contributed by atoms with E-state index in [-0.39, 0.29) is 11.5 Å². The topological polar surface area (TPSA) is 69.4 Å². The third-order valence-electron chi connectivity index (χ3n) is 2.59. The molecule has 5 nitrogen and oxygen atoms in total. The second-order valence-electron chi connectivity index (χ2n) is 3.22. The van der Waals surface area contributed by atoms with Gasteiger partial charge in [-0.05, 0) is 6.92 Å². The van der Waals surface area contributed by atoms with Crippen molar-refractivity contribution in [2.24, 2.45) is 5.92 Å². The van der Waals surface area contributed by atoms with Gasteiger partial charge in [0.25, 0.3) is 0 Å². The van der Waals surface area contributed by atoms with Crippen LogP contribution in [0.15, 0.2) is 0 Å². The Labute approximate surface area is 76.2 Å². The van der Waals surface area contributed by atoms with E-state index in [1.165, 1.54) is 0 Å². The van der Waals surface area contributed by atoms with Crippen molar-refractivity contribution in [1.29, 1.82) is 0 Å². The fourth-order valence-corrected chi connectivity index (χ4v) is 1.56. The number of carbonyl (C=O) groups is 1. The summed E-state index contributed by atoms with van der Waals surface area (Å²) in [6.07, 6.45) is 0.721. The van der Waals surface area contributed by atoms with E-state index in [0.29, 0.717) is 12.8 Å². The van der Waals surface area contributed by atoms with Gasteiger partial charge in [-0.25, -0.2) is 0 Å². The van der Waals surface area contributed by atoms with Crippen molar-refractivity contribution < 1.29 is 14.5 Å². The molecule has 1 aliphatic rings. The smallest absolute Gasteiger partial charge is 0.316 e. The standard InChI is InChI=1S/C8H13NO4/c1-3-8(9(11)12)5-6(8)7(10)13-4-2/h6H,3-5H2,1-2H3. The zero-order valence-electron chi connectivity index (χ0n) is 7.78. The van der Waals surface area contributed by atoms with Crippen molar-refractivity contribution in [3.8, 4) is 0 Å². The van der Waals surface area contributed by atoms with Gasteiger partial charge in [-0.1, -0.05) is 6.92 Å². The van der Waals surface area contributed by atoms with Crippen LogP contribution in [0.3, 0.4) is 0 Å². The first kappa shape index (κ1) is 9.95. The van der Waals surface area contributed by atoms with Crippen LogP contribution in [-0.2, 0) is 9.53 Å². The van der Waals surface area contributed by atoms with Crippen LogP contribution in [0, 0.1) is 16.0 Å². The first-order valence-corrected chi connectivity index (χ1v) is 4.39. The van der Waals surface area contributed by atoms with Crippen LogP contribution in [0.4, 0.5) is 0 Å². The Hall–Kier alpha value is -1.13. The number of esters is 1. The third-order valence-corrected chi connectivity index (χ3v) is 2.59. The minimum absolute atomic E-state index is 0.285. The van der Waals surface area contributed by atoms with Crippen LogP contribution in [0.1, 0.15) is 26.7 Å². The second-order valence-corrected chi connectivity index (χ2v) is 3.22. The Morgan fingerprint density at radius 3 is 2.62 bits per heavy atom. The molecular formula is C8H13NO4. The summed E-state index contributed by atoms with van der Waals surface area (Å²) >= 11 is 0. The molecule has 0 spiro atoms. The second kappa shape index (κ2) is 3.32. The van der Waals surface area contributed by atoms with Crippen LogP contribution >= 0.6 is 0 Å². The van der Waals surface area contributed by atoms with E-state index >= 15 is 0 Å². The number of nitro groups is 1. The van der Waals surface area contributed by atoms with Gasteiger partial charge in [0, 0.05) is 17.8 Å². The van der Waals surface area contributed by atoms with E-state index in [2.05, 4.69) is 0 Å². The van der Waals surface area contributed by atoms with Crippen LogP contribution in [0.25, 0.3) is 0 Å². The van der Waals surface area contributed by atoms with Crippen LogP contribution in [0.2, 0.25) is 0 Å². The SMILES string of the molecule is CCOC(=O)C1CC1(CC)[N+](=O)[O-]. The Morgan fingerprint density at radius 2 is 2.31 bits per heavy atom. The quantitative estimate of drug-likeness (QED) is 0.374. The van der Waals surface area contributed by atoms with Gasteiger partial charge >= 0.3 is 5.97 Å². The molecule has 0 aromatic rings. The molecule has 0 aromatic carbocycles. The molecule has 1 rings (SSSR count). The third kappa shape index (κ3) is 1.50. The first-order valence-electron chi connectivity index (χ1n) is 4.39. The largest absolute Gasteiger partial charge is 0.466 e. The zero-order chi connectivity index (χ0) is 10.1. The number of carbonyl (C=O) groups excluding carboxylic acids is 1. The molecule has 13 heavy (non-hydrogen) atoms. The summed E-state index contributed by atoms with van der Waals surface area (Å²) in [5, 5.41) is 10.6. The van der Waals surface area contributed by atoms with Crippen molar-refractivity contribution in [1.82, 2.24) is 0 Å². The molecule has 1 aliphatic carbocycles. The van der Waals surface area contributed by atoms with E-state index in [1.807, 2.05) is 0 Å². The highest BCUT2D eigenvalue weighted by Gasteiger charge is 2.69. The minimum Gasteiger partial charge on any atom is -0.466 e. The molecule has 0 radical (unpaired) electrons. The molecule has 74 valence electrons. The van der Waals surface area contributed by atoms with E-state index < -0.39 is 17.4 Å². The Balaban J connectivity index is 2.59. The maximum absolute atomic E-state index is 11.2. The maximum Gasteiger partial charge on any atom is 0.316 e. The number of nitrogens with zero attached hydrogens (tertiary/aromatic N) is 1. The molecule has 0 amide bonds.